The molecule has 2 fully saturated rings. The highest BCUT2D eigenvalue weighted by Crippen LogP contribution is 2.42. The predicted octanol–water partition coefficient (Wildman–Crippen LogP) is 6.98. The van der Waals surface area contributed by atoms with Gasteiger partial charge >= 0.3 is 11.9 Å². The second-order valence-corrected chi connectivity index (χ2v) is 14.5. The van der Waals surface area contributed by atoms with Crippen molar-refractivity contribution in [1.29, 1.82) is 0 Å². The van der Waals surface area contributed by atoms with Crippen LogP contribution in [0.15, 0.2) is 0 Å². The molecule has 8 heteroatoms. The minimum atomic E-state index is -0.418. The van der Waals surface area contributed by atoms with Crippen LogP contribution in [0.3, 0.4) is 0 Å². The van der Waals surface area contributed by atoms with Crippen LogP contribution in [0, 0.1) is 0 Å². The molecule has 0 aromatic heterocycles. The minimum Gasteiger partial charge on any atom is -0.462 e. The number of nitrogens with zero attached hydrogens (tertiary/aromatic N) is 2. The van der Waals surface area contributed by atoms with E-state index in [0.717, 1.165) is 51.4 Å². The van der Waals surface area contributed by atoms with Crippen LogP contribution in [0.1, 0.15) is 132 Å². The summed E-state index contributed by atoms with van der Waals surface area (Å²) >= 11 is 2.40. The van der Waals surface area contributed by atoms with Crippen LogP contribution in [0.25, 0.3) is 0 Å². The molecule has 36 heavy (non-hydrogen) atoms. The number of carbonyl (C=O) groups excluding carboxylic acids is 2. The Morgan fingerprint density at radius 2 is 0.972 bits per heavy atom. The summed E-state index contributed by atoms with van der Waals surface area (Å²) < 4.78 is 13.9. The third-order valence-corrected chi connectivity index (χ3v) is 10.3. The SMILES string of the molecule is CC1(C)CC(OC(=O)CCCCCCCCC(=O)OC2CC(C)(C)N(I)C(C)(C)C2)CC(C)(C)N1O. The van der Waals surface area contributed by atoms with E-state index in [0.29, 0.717) is 25.7 Å². The number of carbonyl (C=O) groups is 2. The Bertz CT molecular complexity index is 654. The molecule has 210 valence electrons. The number of esters is 2. The van der Waals surface area contributed by atoms with Crippen LogP contribution in [0.2, 0.25) is 0 Å². The number of rotatable bonds is 11. The molecule has 0 unspecified atom stereocenters. The van der Waals surface area contributed by atoms with E-state index in [1.54, 1.807) is 0 Å². The van der Waals surface area contributed by atoms with E-state index in [9.17, 15) is 14.8 Å². The highest BCUT2D eigenvalue weighted by Gasteiger charge is 2.47. The lowest BCUT2D eigenvalue weighted by atomic mass is 9.80. The van der Waals surface area contributed by atoms with Crippen LogP contribution < -0.4 is 0 Å². The monoisotopic (exact) mass is 622 g/mol. The fourth-order valence-electron chi connectivity index (χ4n) is 6.25. The number of hydrogen-bond donors (Lipinski definition) is 1. The molecule has 0 atom stereocenters. The van der Waals surface area contributed by atoms with Crippen molar-refractivity contribution in [3.63, 3.8) is 0 Å². The fraction of sp³-hybridized carbons (Fsp3) is 0.929. The van der Waals surface area contributed by atoms with Crippen molar-refractivity contribution < 1.29 is 24.3 Å². The van der Waals surface area contributed by atoms with Gasteiger partial charge in [0, 0.05) is 83.5 Å². The first-order chi connectivity index (χ1) is 16.5. The van der Waals surface area contributed by atoms with Gasteiger partial charge in [-0.2, -0.15) is 5.06 Å². The lowest BCUT2D eigenvalue weighted by Crippen LogP contribution is -2.60. The van der Waals surface area contributed by atoms with Crippen molar-refractivity contribution >= 4 is 34.8 Å². The predicted molar refractivity (Wildman–Crippen MR) is 151 cm³/mol. The third-order valence-electron chi connectivity index (χ3n) is 7.73. The molecule has 0 aromatic carbocycles. The molecular formula is C28H51IN2O5. The standard InChI is InChI=1S/C28H51IN2O5/c1-25(2)17-21(18-26(3,4)30(25)29)35-23(32)15-13-11-9-10-12-14-16-24(33)36-22-19-27(5,6)31(34)28(7,8)20-22/h21-22,34H,9-20H2,1-8H3. The maximum atomic E-state index is 12.4. The highest BCUT2D eigenvalue weighted by molar-refractivity contribution is 14.1. The summed E-state index contributed by atoms with van der Waals surface area (Å²) in [6.07, 6.45) is 9.55. The van der Waals surface area contributed by atoms with Crippen molar-refractivity contribution in [1.82, 2.24) is 8.18 Å². The van der Waals surface area contributed by atoms with Crippen molar-refractivity contribution in [2.75, 3.05) is 0 Å². The van der Waals surface area contributed by atoms with E-state index >= 15 is 0 Å². The number of unbranched alkanes of at least 4 members (excludes halogenated alkanes) is 5. The molecule has 0 spiro atoms. The molecule has 2 rings (SSSR count). The largest absolute Gasteiger partial charge is 0.462 e. The van der Waals surface area contributed by atoms with E-state index < -0.39 is 11.1 Å². The van der Waals surface area contributed by atoms with Gasteiger partial charge in [0.05, 0.1) is 0 Å². The lowest BCUT2D eigenvalue weighted by Gasteiger charge is -2.51. The highest BCUT2D eigenvalue weighted by atomic mass is 127. The summed E-state index contributed by atoms with van der Waals surface area (Å²) in [5, 5.41) is 11.8. The number of halogens is 1. The van der Waals surface area contributed by atoms with Crippen LogP contribution in [0.4, 0.5) is 0 Å². The quantitative estimate of drug-likeness (QED) is 0.115. The summed E-state index contributed by atoms with van der Waals surface area (Å²) in [5.74, 6) is -0.213. The Balaban J connectivity index is 1.54. The summed E-state index contributed by atoms with van der Waals surface area (Å²) in [7, 11) is 0. The first kappa shape index (κ1) is 31.8. The number of hydrogen-bond acceptors (Lipinski definition) is 7. The zero-order chi connectivity index (χ0) is 27.4. The second-order valence-electron chi connectivity index (χ2n) is 13.5. The second kappa shape index (κ2) is 12.6. The lowest BCUT2D eigenvalue weighted by molar-refractivity contribution is -0.259. The van der Waals surface area contributed by atoms with Crippen molar-refractivity contribution in [3.05, 3.63) is 0 Å². The van der Waals surface area contributed by atoms with Gasteiger partial charge in [-0.3, -0.25) is 9.59 Å². The Morgan fingerprint density at radius 1 is 0.667 bits per heavy atom. The average molecular weight is 623 g/mol. The van der Waals surface area contributed by atoms with Gasteiger partial charge in [-0.25, -0.2) is 3.11 Å². The first-order valence-corrected chi connectivity index (χ1v) is 14.8. The maximum Gasteiger partial charge on any atom is 0.306 e. The molecule has 0 aromatic rings. The van der Waals surface area contributed by atoms with E-state index in [4.69, 9.17) is 9.47 Å². The van der Waals surface area contributed by atoms with Crippen LogP contribution in [-0.4, -0.2) is 59.7 Å². The van der Waals surface area contributed by atoms with E-state index in [1.807, 2.05) is 27.7 Å². The van der Waals surface area contributed by atoms with Crippen LogP contribution >= 0.6 is 22.9 Å². The summed E-state index contributed by atoms with van der Waals surface area (Å²) in [4.78, 5) is 24.7. The molecule has 7 nitrogen and oxygen atoms in total. The van der Waals surface area contributed by atoms with Crippen molar-refractivity contribution in [2.45, 2.75) is 167 Å². The van der Waals surface area contributed by atoms with E-state index in [-0.39, 0.29) is 35.2 Å². The zero-order valence-electron chi connectivity index (χ0n) is 24.0. The van der Waals surface area contributed by atoms with Gasteiger partial charge in [0.1, 0.15) is 12.2 Å². The van der Waals surface area contributed by atoms with Gasteiger partial charge in [-0.1, -0.05) is 25.7 Å². The molecule has 0 bridgehead atoms. The van der Waals surface area contributed by atoms with Gasteiger partial charge in [0.2, 0.25) is 0 Å². The Labute approximate surface area is 233 Å². The zero-order valence-corrected chi connectivity index (χ0v) is 26.2. The van der Waals surface area contributed by atoms with Gasteiger partial charge in [-0.05, 0) is 68.2 Å². The fourth-order valence-corrected chi connectivity index (χ4v) is 6.64. The van der Waals surface area contributed by atoms with Gasteiger partial charge < -0.3 is 14.7 Å². The Morgan fingerprint density at radius 3 is 1.33 bits per heavy atom. The smallest absolute Gasteiger partial charge is 0.306 e. The van der Waals surface area contributed by atoms with E-state index in [2.05, 4.69) is 53.7 Å². The van der Waals surface area contributed by atoms with Gasteiger partial charge in [0.25, 0.3) is 0 Å². The molecule has 2 saturated heterocycles. The molecule has 0 saturated carbocycles. The summed E-state index contributed by atoms with van der Waals surface area (Å²) in [6, 6.07) is 0. The molecule has 0 aliphatic carbocycles. The maximum absolute atomic E-state index is 12.4. The third kappa shape index (κ3) is 9.09. The molecule has 2 aliphatic rings. The molecule has 1 N–H and O–H groups in total. The Kier molecular flexibility index (Phi) is 11.1. The average Bonchev–Trinajstić information content (AvgIpc) is 2.71. The molecule has 0 radical (unpaired) electrons. The number of piperidine rings is 2. The molecule has 2 heterocycles. The number of hydroxylamine groups is 2. The molecule has 0 amide bonds. The van der Waals surface area contributed by atoms with Crippen LogP contribution in [-0.2, 0) is 19.1 Å². The molecular weight excluding hydrogens is 571 g/mol. The number of ether oxygens (including phenoxy) is 2. The van der Waals surface area contributed by atoms with Crippen molar-refractivity contribution in [3.8, 4) is 0 Å². The van der Waals surface area contributed by atoms with Crippen LogP contribution in [0.5, 0.6) is 0 Å². The van der Waals surface area contributed by atoms with E-state index in [1.165, 1.54) is 5.06 Å². The summed E-state index contributed by atoms with van der Waals surface area (Å²) in [6.45, 7) is 16.7. The minimum absolute atomic E-state index is 0.00386. The molecule has 2 aliphatic heterocycles. The topological polar surface area (TPSA) is 79.3 Å². The van der Waals surface area contributed by atoms with Crippen molar-refractivity contribution in [2.24, 2.45) is 0 Å². The summed E-state index contributed by atoms with van der Waals surface area (Å²) in [5.41, 5.74) is -0.827. The van der Waals surface area contributed by atoms with Gasteiger partial charge in [0.15, 0.2) is 0 Å². The van der Waals surface area contributed by atoms with Gasteiger partial charge in [-0.15, -0.1) is 0 Å². The Hall–Kier alpha value is -0.450. The normalized spacial score (nSPS) is 24.4. The first-order valence-electron chi connectivity index (χ1n) is 13.8.